The van der Waals surface area contributed by atoms with Crippen LogP contribution in [0.4, 0.5) is 8.78 Å². The number of aromatic nitrogens is 2. The Kier molecular flexibility index (Phi) is 3.65. The Bertz CT molecular complexity index is 865. The molecule has 0 amide bonds. The van der Waals surface area contributed by atoms with Gasteiger partial charge in [-0.2, -0.15) is 5.10 Å². The maximum absolute atomic E-state index is 14.2. The lowest BCUT2D eigenvalue weighted by atomic mass is 9.98. The lowest BCUT2D eigenvalue weighted by Gasteiger charge is -2.07. The third-order valence-corrected chi connectivity index (χ3v) is 3.58. The van der Waals surface area contributed by atoms with E-state index >= 15 is 0 Å². The highest BCUT2D eigenvalue weighted by Gasteiger charge is 2.23. The van der Waals surface area contributed by atoms with E-state index in [1.165, 1.54) is 35.0 Å². The summed E-state index contributed by atoms with van der Waals surface area (Å²) in [7, 11) is 1.60. The summed E-state index contributed by atoms with van der Waals surface area (Å²) >= 11 is 0. The van der Waals surface area contributed by atoms with E-state index in [2.05, 4.69) is 5.10 Å². The number of aryl methyl sites for hydroxylation is 1. The third kappa shape index (κ3) is 2.48. The standard InChI is InChI=1S/C17H13F2N3O/c1-22-14(9-20)16(15-12(18)3-2-4-13(15)19)17(21-22)10-5-7-11(23)8-6-10/h2-9,20,23H,1H3. The lowest BCUT2D eigenvalue weighted by molar-refractivity contribution is 0.475. The average Bonchev–Trinajstić information content (AvgIpc) is 2.84. The van der Waals surface area contributed by atoms with Crippen LogP contribution in [-0.4, -0.2) is 21.1 Å². The quantitative estimate of drug-likeness (QED) is 0.724. The highest BCUT2D eigenvalue weighted by atomic mass is 19.1. The van der Waals surface area contributed by atoms with Gasteiger partial charge in [-0.15, -0.1) is 0 Å². The van der Waals surface area contributed by atoms with E-state index < -0.39 is 11.6 Å². The molecule has 2 aromatic carbocycles. The van der Waals surface area contributed by atoms with Crippen molar-refractivity contribution in [3.8, 4) is 28.1 Å². The first-order valence-electron chi connectivity index (χ1n) is 6.84. The minimum absolute atomic E-state index is 0.0792. The molecule has 6 heteroatoms. The van der Waals surface area contributed by atoms with Gasteiger partial charge in [-0.05, 0) is 36.4 Å². The molecule has 0 unspecified atom stereocenters. The van der Waals surface area contributed by atoms with Gasteiger partial charge in [-0.25, -0.2) is 8.78 Å². The second-order valence-corrected chi connectivity index (χ2v) is 5.02. The van der Waals surface area contributed by atoms with Crippen LogP contribution in [0.5, 0.6) is 5.75 Å². The van der Waals surface area contributed by atoms with Gasteiger partial charge in [-0.3, -0.25) is 4.68 Å². The largest absolute Gasteiger partial charge is 0.508 e. The minimum atomic E-state index is -0.721. The van der Waals surface area contributed by atoms with Crippen LogP contribution in [-0.2, 0) is 7.05 Å². The van der Waals surface area contributed by atoms with Gasteiger partial charge in [-0.1, -0.05) is 6.07 Å². The summed E-state index contributed by atoms with van der Waals surface area (Å²) in [4.78, 5) is 0. The zero-order chi connectivity index (χ0) is 16.6. The second-order valence-electron chi connectivity index (χ2n) is 5.02. The third-order valence-electron chi connectivity index (χ3n) is 3.58. The van der Waals surface area contributed by atoms with E-state index in [1.54, 1.807) is 19.2 Å². The molecule has 3 aromatic rings. The summed E-state index contributed by atoms with van der Waals surface area (Å²) in [6.45, 7) is 0. The summed E-state index contributed by atoms with van der Waals surface area (Å²) in [5, 5.41) is 21.2. The molecule has 0 aliphatic heterocycles. The number of benzene rings is 2. The van der Waals surface area contributed by atoms with Crippen LogP contribution in [0.2, 0.25) is 0 Å². The molecule has 3 rings (SSSR count). The summed E-state index contributed by atoms with van der Waals surface area (Å²) in [5.41, 5.74) is 1.21. The Morgan fingerprint density at radius 1 is 1.04 bits per heavy atom. The molecule has 0 spiro atoms. The maximum Gasteiger partial charge on any atom is 0.134 e. The number of phenols is 1. The van der Waals surface area contributed by atoms with Crippen molar-refractivity contribution in [1.82, 2.24) is 9.78 Å². The Hall–Kier alpha value is -3.02. The fourth-order valence-electron chi connectivity index (χ4n) is 2.51. The predicted octanol–water partition coefficient (Wildman–Crippen LogP) is 3.74. The van der Waals surface area contributed by atoms with Crippen LogP contribution in [0.25, 0.3) is 22.4 Å². The average molecular weight is 313 g/mol. The van der Waals surface area contributed by atoms with Gasteiger partial charge in [0.1, 0.15) is 23.1 Å². The molecule has 0 radical (unpaired) electrons. The van der Waals surface area contributed by atoms with E-state index in [9.17, 15) is 13.9 Å². The predicted molar refractivity (Wildman–Crippen MR) is 83.5 cm³/mol. The van der Waals surface area contributed by atoms with Crippen LogP contribution < -0.4 is 0 Å². The Labute approximate surface area is 131 Å². The molecular weight excluding hydrogens is 300 g/mol. The van der Waals surface area contributed by atoms with Gasteiger partial charge in [0, 0.05) is 24.4 Å². The van der Waals surface area contributed by atoms with Crippen LogP contribution >= 0.6 is 0 Å². The first-order chi connectivity index (χ1) is 11.0. The highest BCUT2D eigenvalue weighted by molar-refractivity contribution is 5.94. The molecule has 1 heterocycles. The number of hydrogen-bond acceptors (Lipinski definition) is 3. The van der Waals surface area contributed by atoms with Crippen molar-refractivity contribution in [2.24, 2.45) is 7.05 Å². The summed E-state index contributed by atoms with van der Waals surface area (Å²) < 4.78 is 29.9. The van der Waals surface area contributed by atoms with Crippen molar-refractivity contribution in [2.75, 3.05) is 0 Å². The Morgan fingerprint density at radius 2 is 1.65 bits per heavy atom. The van der Waals surface area contributed by atoms with E-state index in [1.807, 2.05) is 0 Å². The number of halogens is 2. The van der Waals surface area contributed by atoms with Crippen molar-refractivity contribution in [2.45, 2.75) is 0 Å². The molecule has 4 nitrogen and oxygen atoms in total. The molecule has 2 N–H and O–H groups in total. The maximum atomic E-state index is 14.2. The van der Waals surface area contributed by atoms with E-state index in [-0.39, 0.29) is 22.6 Å². The smallest absolute Gasteiger partial charge is 0.134 e. The number of nitrogens with zero attached hydrogens (tertiary/aromatic N) is 2. The second kappa shape index (κ2) is 5.64. The molecule has 0 aliphatic rings. The molecule has 0 fully saturated rings. The molecular formula is C17H13F2N3O. The Balaban J connectivity index is 2.35. The lowest BCUT2D eigenvalue weighted by Crippen LogP contribution is -1.98. The van der Waals surface area contributed by atoms with Gasteiger partial charge in [0.2, 0.25) is 0 Å². The van der Waals surface area contributed by atoms with Crippen LogP contribution in [0, 0.1) is 17.0 Å². The van der Waals surface area contributed by atoms with E-state index in [0.29, 0.717) is 11.3 Å². The van der Waals surface area contributed by atoms with Gasteiger partial charge in [0.05, 0.1) is 11.3 Å². The first kappa shape index (κ1) is 14.9. The molecule has 0 saturated heterocycles. The number of hydrogen-bond donors (Lipinski definition) is 2. The fraction of sp³-hybridized carbons (Fsp3) is 0.0588. The molecule has 23 heavy (non-hydrogen) atoms. The number of phenolic OH excluding ortho intramolecular Hbond substituents is 1. The van der Waals surface area contributed by atoms with Crippen molar-refractivity contribution >= 4 is 6.21 Å². The zero-order valence-corrected chi connectivity index (χ0v) is 12.2. The zero-order valence-electron chi connectivity index (χ0n) is 12.2. The molecule has 0 bridgehead atoms. The van der Waals surface area contributed by atoms with Crippen molar-refractivity contribution in [3.63, 3.8) is 0 Å². The van der Waals surface area contributed by atoms with Crippen molar-refractivity contribution in [3.05, 3.63) is 59.8 Å². The van der Waals surface area contributed by atoms with E-state index in [4.69, 9.17) is 5.41 Å². The molecule has 0 aliphatic carbocycles. The van der Waals surface area contributed by atoms with E-state index in [0.717, 1.165) is 6.21 Å². The number of rotatable bonds is 3. The normalized spacial score (nSPS) is 10.7. The van der Waals surface area contributed by atoms with Crippen molar-refractivity contribution < 1.29 is 13.9 Å². The minimum Gasteiger partial charge on any atom is -0.508 e. The van der Waals surface area contributed by atoms with Gasteiger partial charge < -0.3 is 10.5 Å². The fourth-order valence-corrected chi connectivity index (χ4v) is 2.51. The molecule has 116 valence electrons. The molecule has 0 saturated carbocycles. The number of aromatic hydroxyl groups is 1. The summed E-state index contributed by atoms with van der Waals surface area (Å²) in [5.74, 6) is -1.36. The summed E-state index contributed by atoms with van der Waals surface area (Å²) in [6.07, 6.45) is 1.01. The van der Waals surface area contributed by atoms with Crippen LogP contribution in [0.15, 0.2) is 42.5 Å². The SMILES string of the molecule is Cn1nc(-c2ccc(O)cc2)c(-c2c(F)cccc2F)c1C=N. The molecule has 0 atom stereocenters. The first-order valence-corrected chi connectivity index (χ1v) is 6.84. The van der Waals surface area contributed by atoms with Gasteiger partial charge in [0.15, 0.2) is 0 Å². The van der Waals surface area contributed by atoms with Crippen LogP contribution in [0.3, 0.4) is 0 Å². The van der Waals surface area contributed by atoms with Gasteiger partial charge >= 0.3 is 0 Å². The Morgan fingerprint density at radius 3 is 2.22 bits per heavy atom. The topological polar surface area (TPSA) is 61.9 Å². The number of nitrogens with one attached hydrogen (secondary N) is 1. The molecule has 1 aromatic heterocycles. The van der Waals surface area contributed by atoms with Gasteiger partial charge in [0.25, 0.3) is 0 Å². The monoisotopic (exact) mass is 313 g/mol. The van der Waals surface area contributed by atoms with Crippen molar-refractivity contribution in [1.29, 1.82) is 5.41 Å². The highest BCUT2D eigenvalue weighted by Crippen LogP contribution is 2.37. The van der Waals surface area contributed by atoms with Crippen LogP contribution in [0.1, 0.15) is 5.69 Å². The summed E-state index contributed by atoms with van der Waals surface area (Å²) in [6, 6.07) is 9.76.